The van der Waals surface area contributed by atoms with Gasteiger partial charge in [-0.15, -0.1) is 29.8 Å². The molecule has 0 saturated heterocycles. The fourth-order valence-corrected chi connectivity index (χ4v) is 12.9. The van der Waals surface area contributed by atoms with E-state index in [-0.39, 0.29) is 43.5 Å². The SMILES string of the molecule is CCC(CC)C(=O)/C=C(\O)C(CC)CC.C[Si](C)(C)c1ccc2c3ccnc4c3n(c2c1)-c1cc2c(cc1-c1ccc[c-]c1-4)[Si](C)(C)c1ccccc1-2.[Ir]. The van der Waals surface area contributed by atoms with Crippen molar-refractivity contribution in [2.24, 2.45) is 11.8 Å². The fraction of sp³-hybridized carbons (Fsp3) is 0.319. The number of aromatic nitrogens is 2. The third-order valence-corrected chi connectivity index (χ3v) is 17.5. The molecule has 54 heavy (non-hydrogen) atoms. The summed E-state index contributed by atoms with van der Waals surface area (Å²) in [5, 5.41) is 16.9. The molecular weight excluding hydrogens is 873 g/mol. The van der Waals surface area contributed by atoms with Gasteiger partial charge >= 0.3 is 0 Å². The second kappa shape index (κ2) is 15.3. The molecule has 4 nitrogen and oxygen atoms in total. The molecule has 0 fully saturated rings. The predicted octanol–water partition coefficient (Wildman–Crippen LogP) is 10.8. The summed E-state index contributed by atoms with van der Waals surface area (Å²) in [5.41, 5.74) is 11.2. The van der Waals surface area contributed by atoms with Crippen molar-refractivity contribution in [2.75, 3.05) is 0 Å². The van der Waals surface area contributed by atoms with E-state index in [4.69, 9.17) is 4.98 Å². The van der Waals surface area contributed by atoms with Crippen LogP contribution in [0.5, 0.6) is 0 Å². The van der Waals surface area contributed by atoms with Gasteiger partial charge in [-0.25, -0.2) is 0 Å². The molecule has 0 amide bonds. The van der Waals surface area contributed by atoms with Crippen LogP contribution in [-0.2, 0) is 24.9 Å². The molecule has 2 aliphatic rings. The minimum atomic E-state index is -1.82. The number of carbonyl (C=O) groups excluding carboxylic acids is 1. The van der Waals surface area contributed by atoms with Crippen molar-refractivity contribution in [2.45, 2.75) is 86.1 Å². The van der Waals surface area contributed by atoms with Gasteiger partial charge in [0.1, 0.15) is 8.07 Å². The van der Waals surface area contributed by atoms with E-state index in [1.54, 1.807) is 5.19 Å². The Morgan fingerprint density at radius 1 is 0.815 bits per heavy atom. The molecule has 0 unspecified atom stereocenters. The fourth-order valence-electron chi connectivity index (χ4n) is 8.64. The molecule has 7 heteroatoms. The Morgan fingerprint density at radius 2 is 1.50 bits per heavy atom. The molecule has 4 heterocycles. The summed E-state index contributed by atoms with van der Waals surface area (Å²) in [6.45, 7) is 20.4. The predicted molar refractivity (Wildman–Crippen MR) is 231 cm³/mol. The average Bonchev–Trinajstić information content (AvgIpc) is 3.55. The van der Waals surface area contributed by atoms with Crippen molar-refractivity contribution in [1.29, 1.82) is 0 Å². The van der Waals surface area contributed by atoms with Crippen molar-refractivity contribution in [1.82, 2.24) is 9.55 Å². The van der Waals surface area contributed by atoms with Crippen LogP contribution in [-0.4, -0.2) is 36.6 Å². The number of fused-ring (bicyclic) bond motifs is 11. The van der Waals surface area contributed by atoms with Crippen LogP contribution in [0.3, 0.4) is 0 Å². The molecule has 281 valence electrons. The van der Waals surface area contributed by atoms with Gasteiger partial charge in [-0.1, -0.05) is 114 Å². The molecule has 0 spiro atoms. The number of allylic oxidation sites excluding steroid dienone is 2. The molecule has 2 aromatic heterocycles. The summed E-state index contributed by atoms with van der Waals surface area (Å²) in [6.07, 6.45) is 6.88. The van der Waals surface area contributed by atoms with Crippen LogP contribution in [0.4, 0.5) is 0 Å². The van der Waals surface area contributed by atoms with Gasteiger partial charge in [0.15, 0.2) is 5.78 Å². The van der Waals surface area contributed by atoms with Gasteiger partial charge in [0.25, 0.3) is 0 Å². The second-order valence-corrected chi connectivity index (χ2v) is 25.8. The van der Waals surface area contributed by atoms with Crippen LogP contribution in [0, 0.1) is 17.9 Å². The summed E-state index contributed by atoms with van der Waals surface area (Å²) in [7, 11) is -3.33. The zero-order valence-electron chi connectivity index (χ0n) is 33.2. The van der Waals surface area contributed by atoms with Gasteiger partial charge < -0.3 is 14.7 Å². The molecule has 8 rings (SSSR count). The first-order valence-corrected chi connectivity index (χ1v) is 26.0. The smallest absolute Gasteiger partial charge is 0.162 e. The van der Waals surface area contributed by atoms with Crippen molar-refractivity contribution in [3.63, 3.8) is 0 Å². The minimum absolute atomic E-state index is 0. The van der Waals surface area contributed by atoms with Crippen LogP contribution in [0.15, 0.2) is 96.9 Å². The number of rotatable bonds is 8. The van der Waals surface area contributed by atoms with Crippen LogP contribution in [0.2, 0.25) is 32.7 Å². The summed E-state index contributed by atoms with van der Waals surface area (Å²) in [6, 6.07) is 33.5. The Balaban J connectivity index is 0.000000267. The maximum Gasteiger partial charge on any atom is 0.162 e. The number of pyridine rings is 1. The van der Waals surface area contributed by atoms with Gasteiger partial charge in [-0.05, 0) is 70.9 Å². The Bertz CT molecular complexity index is 2410. The number of aliphatic hydroxyl groups excluding tert-OH is 1. The number of nitrogens with zero attached hydrogens (tertiary/aromatic N) is 2. The molecule has 0 saturated carbocycles. The Hall–Kier alpha value is -3.88. The second-order valence-electron chi connectivity index (χ2n) is 16.4. The largest absolute Gasteiger partial charge is 0.512 e. The van der Waals surface area contributed by atoms with Crippen molar-refractivity contribution < 1.29 is 30.0 Å². The number of benzene rings is 4. The molecule has 1 N–H and O–H groups in total. The molecule has 6 aromatic rings. The molecule has 1 radical (unpaired) electrons. The van der Waals surface area contributed by atoms with E-state index in [0.717, 1.165) is 36.9 Å². The van der Waals surface area contributed by atoms with E-state index in [1.807, 2.05) is 40.0 Å². The van der Waals surface area contributed by atoms with E-state index in [1.165, 1.54) is 66.2 Å². The van der Waals surface area contributed by atoms with Gasteiger partial charge in [-0.3, -0.25) is 4.79 Å². The molecule has 0 aliphatic carbocycles. The van der Waals surface area contributed by atoms with E-state index >= 15 is 0 Å². The Kier molecular flexibility index (Phi) is 11.3. The topological polar surface area (TPSA) is 55.1 Å². The van der Waals surface area contributed by atoms with E-state index in [0.29, 0.717) is 0 Å². The zero-order chi connectivity index (χ0) is 37.8. The van der Waals surface area contributed by atoms with E-state index in [2.05, 4.69) is 116 Å². The molecule has 4 aromatic carbocycles. The molecule has 2 aliphatic heterocycles. The average molecular weight is 926 g/mol. The minimum Gasteiger partial charge on any atom is -0.512 e. The van der Waals surface area contributed by atoms with Crippen molar-refractivity contribution in [3.8, 4) is 39.2 Å². The first kappa shape index (κ1) is 39.8. The third kappa shape index (κ3) is 6.61. The number of hydrogen-bond acceptors (Lipinski definition) is 3. The standard InChI is InChI=1S/C34H29N2Si2.C13H24O2.Ir/c1-37(2,3)21-14-15-23-26-16-17-35-33-25-12-7-6-10-22(25)27-20-32-28(19-30(27)36(34(26)33)29(23)18-21)24-11-8-9-13-31(24)38(32,4)5;1-5-10(6-2)12(14)9-13(15)11(7-3)8-4;/h6-11,13-20H,1-5H3;9-11,14H,5-8H2,1-4H3;/q-1;;/b;12-9-;. The first-order chi connectivity index (χ1) is 25.3. The number of ketones is 1. The summed E-state index contributed by atoms with van der Waals surface area (Å²) in [4.78, 5) is 16.7. The summed E-state index contributed by atoms with van der Waals surface area (Å²) in [5.74, 6) is 0.547. The Labute approximate surface area is 337 Å². The number of hydrogen-bond donors (Lipinski definition) is 1. The molecule has 0 bridgehead atoms. The summed E-state index contributed by atoms with van der Waals surface area (Å²) < 4.78 is 2.52. The van der Waals surface area contributed by atoms with Crippen molar-refractivity contribution >= 4 is 59.3 Å². The van der Waals surface area contributed by atoms with Crippen LogP contribution in [0.1, 0.15) is 53.4 Å². The van der Waals surface area contributed by atoms with Gasteiger partial charge in [-0.2, -0.15) is 0 Å². The van der Waals surface area contributed by atoms with E-state index < -0.39 is 16.1 Å². The van der Waals surface area contributed by atoms with Crippen LogP contribution in [0.25, 0.3) is 61.0 Å². The maximum atomic E-state index is 11.7. The Morgan fingerprint density at radius 3 is 2.19 bits per heavy atom. The normalized spacial score (nSPS) is 13.8. The van der Waals surface area contributed by atoms with Crippen LogP contribution >= 0.6 is 0 Å². The van der Waals surface area contributed by atoms with E-state index in [9.17, 15) is 9.90 Å². The quantitative estimate of drug-likeness (QED) is 0.0715. The maximum absolute atomic E-state index is 11.7. The number of carbonyl (C=O) groups is 1. The van der Waals surface area contributed by atoms with Gasteiger partial charge in [0.2, 0.25) is 0 Å². The number of aliphatic hydroxyl groups is 1. The first-order valence-electron chi connectivity index (χ1n) is 19.5. The third-order valence-electron chi connectivity index (χ3n) is 11.9. The van der Waals surface area contributed by atoms with Crippen molar-refractivity contribution in [3.05, 3.63) is 103 Å². The zero-order valence-corrected chi connectivity index (χ0v) is 37.6. The molecule has 0 atom stereocenters. The molecular formula is C47H53IrN2O2Si2-. The summed E-state index contributed by atoms with van der Waals surface area (Å²) >= 11 is 0. The van der Waals surface area contributed by atoms with Gasteiger partial charge in [0, 0.05) is 71.9 Å². The monoisotopic (exact) mass is 926 g/mol. The van der Waals surface area contributed by atoms with Gasteiger partial charge in [0.05, 0.1) is 19.3 Å². The van der Waals surface area contributed by atoms with Crippen LogP contribution < -0.4 is 15.6 Å².